The van der Waals surface area contributed by atoms with Gasteiger partial charge in [0.05, 0.1) is 0 Å². The summed E-state index contributed by atoms with van der Waals surface area (Å²) in [5.41, 5.74) is 0. The molecular formula is C10H9ClN2OS2. The van der Waals surface area contributed by atoms with E-state index >= 15 is 0 Å². The van der Waals surface area contributed by atoms with Gasteiger partial charge in [-0.1, -0.05) is 23.5 Å². The van der Waals surface area contributed by atoms with Gasteiger partial charge in [0, 0.05) is 4.90 Å². The summed E-state index contributed by atoms with van der Waals surface area (Å²) in [6, 6.07) is 7.89. The molecule has 0 atom stereocenters. The van der Waals surface area contributed by atoms with Crippen LogP contribution >= 0.6 is 34.7 Å². The molecule has 84 valence electrons. The van der Waals surface area contributed by atoms with Crippen LogP contribution in [-0.4, -0.2) is 16.5 Å². The van der Waals surface area contributed by atoms with Gasteiger partial charge in [-0.05, 0) is 30.0 Å². The summed E-state index contributed by atoms with van der Waals surface area (Å²) in [6.45, 7) is 0.405. The topological polar surface area (TPSA) is 35.0 Å². The van der Waals surface area contributed by atoms with E-state index in [2.05, 4.69) is 10.2 Å². The van der Waals surface area contributed by atoms with Gasteiger partial charge in [-0.3, -0.25) is 0 Å². The van der Waals surface area contributed by atoms with E-state index in [1.165, 1.54) is 11.3 Å². The fraction of sp³-hybridized carbons (Fsp3) is 0.200. The number of halogens is 1. The molecule has 0 aliphatic carbocycles. The zero-order chi connectivity index (χ0) is 11.4. The molecular weight excluding hydrogens is 264 g/mol. The highest BCUT2D eigenvalue weighted by Crippen LogP contribution is 2.28. The highest BCUT2D eigenvalue weighted by Gasteiger charge is 2.05. The number of hydrogen-bond donors (Lipinski definition) is 0. The molecule has 0 aliphatic rings. The quantitative estimate of drug-likeness (QED) is 0.798. The largest absolute Gasteiger partial charge is 0.485 e. The van der Waals surface area contributed by atoms with Crippen molar-refractivity contribution in [1.82, 2.24) is 10.2 Å². The maximum Gasteiger partial charge on any atom is 0.207 e. The van der Waals surface area contributed by atoms with Gasteiger partial charge in [-0.2, -0.15) is 0 Å². The Morgan fingerprint density at radius 3 is 2.88 bits per heavy atom. The molecule has 1 heterocycles. The number of rotatable bonds is 4. The summed E-state index contributed by atoms with van der Waals surface area (Å²) in [6.07, 6.45) is 2.02. The maximum atomic E-state index is 5.69. The molecule has 0 bridgehead atoms. The third kappa shape index (κ3) is 2.87. The van der Waals surface area contributed by atoms with Crippen molar-refractivity contribution in [3.63, 3.8) is 0 Å². The number of thioether (sulfide) groups is 1. The van der Waals surface area contributed by atoms with Crippen LogP contribution < -0.4 is 4.74 Å². The van der Waals surface area contributed by atoms with Crippen molar-refractivity contribution in [2.45, 2.75) is 11.5 Å². The number of aromatic nitrogens is 2. The van der Waals surface area contributed by atoms with Crippen LogP contribution in [0.5, 0.6) is 5.75 Å². The van der Waals surface area contributed by atoms with Crippen LogP contribution in [0.15, 0.2) is 29.2 Å². The van der Waals surface area contributed by atoms with Crippen LogP contribution in [0.2, 0.25) is 4.47 Å². The average molecular weight is 273 g/mol. The van der Waals surface area contributed by atoms with Crippen LogP contribution in [0.4, 0.5) is 0 Å². The first-order valence-corrected chi connectivity index (χ1v) is 6.95. The minimum atomic E-state index is 0.405. The molecule has 0 aliphatic heterocycles. The van der Waals surface area contributed by atoms with E-state index in [-0.39, 0.29) is 0 Å². The number of nitrogens with zero attached hydrogens (tertiary/aromatic N) is 2. The normalized spacial score (nSPS) is 10.4. The highest BCUT2D eigenvalue weighted by atomic mass is 35.5. The van der Waals surface area contributed by atoms with Crippen LogP contribution in [0.3, 0.4) is 0 Å². The molecule has 1 aromatic carbocycles. The van der Waals surface area contributed by atoms with E-state index < -0.39 is 0 Å². The fourth-order valence-electron chi connectivity index (χ4n) is 1.17. The van der Waals surface area contributed by atoms with Crippen LogP contribution in [0.1, 0.15) is 5.01 Å². The predicted octanol–water partition coefficient (Wildman–Crippen LogP) is 3.49. The smallest absolute Gasteiger partial charge is 0.207 e. The first kappa shape index (κ1) is 11.7. The monoisotopic (exact) mass is 272 g/mol. The van der Waals surface area contributed by atoms with Crippen molar-refractivity contribution in [3.05, 3.63) is 33.7 Å². The Morgan fingerprint density at radius 1 is 1.38 bits per heavy atom. The molecule has 0 spiro atoms. The van der Waals surface area contributed by atoms with Crippen molar-refractivity contribution in [3.8, 4) is 5.75 Å². The molecule has 2 aromatic rings. The summed E-state index contributed by atoms with van der Waals surface area (Å²) >= 11 is 8.67. The molecule has 6 heteroatoms. The lowest BCUT2D eigenvalue weighted by atomic mass is 10.3. The molecule has 0 unspecified atom stereocenters. The SMILES string of the molecule is CSc1ccccc1OCc1nnc(Cl)s1. The summed E-state index contributed by atoms with van der Waals surface area (Å²) in [5, 5.41) is 8.39. The predicted molar refractivity (Wildman–Crippen MR) is 67.5 cm³/mol. The van der Waals surface area contributed by atoms with E-state index in [9.17, 15) is 0 Å². The van der Waals surface area contributed by atoms with Crippen molar-refractivity contribution < 1.29 is 4.74 Å². The molecule has 0 N–H and O–H groups in total. The zero-order valence-electron chi connectivity index (χ0n) is 8.51. The number of hydrogen-bond acceptors (Lipinski definition) is 5. The summed E-state index contributed by atoms with van der Waals surface area (Å²) in [7, 11) is 0. The van der Waals surface area contributed by atoms with Gasteiger partial charge in [0.15, 0.2) is 5.01 Å². The van der Waals surface area contributed by atoms with Crippen molar-refractivity contribution in [1.29, 1.82) is 0 Å². The molecule has 16 heavy (non-hydrogen) atoms. The van der Waals surface area contributed by atoms with Gasteiger partial charge < -0.3 is 4.74 Å². The molecule has 1 aromatic heterocycles. The van der Waals surface area contributed by atoms with Crippen molar-refractivity contribution in [2.24, 2.45) is 0 Å². The fourth-order valence-corrected chi connectivity index (χ4v) is 2.49. The lowest BCUT2D eigenvalue weighted by Gasteiger charge is -2.07. The third-order valence-corrected chi connectivity index (χ3v) is 3.63. The van der Waals surface area contributed by atoms with Gasteiger partial charge >= 0.3 is 0 Å². The lowest BCUT2D eigenvalue weighted by Crippen LogP contribution is -1.95. The van der Waals surface area contributed by atoms with Crippen LogP contribution in [0, 0.1) is 0 Å². The van der Waals surface area contributed by atoms with Crippen molar-refractivity contribution >= 4 is 34.7 Å². The third-order valence-electron chi connectivity index (χ3n) is 1.86. The Morgan fingerprint density at radius 2 is 2.19 bits per heavy atom. The molecule has 0 amide bonds. The highest BCUT2D eigenvalue weighted by molar-refractivity contribution is 7.98. The minimum absolute atomic E-state index is 0.405. The Hall–Kier alpha value is -0.780. The Kier molecular flexibility index (Phi) is 4.04. The standard InChI is InChI=1S/C10H9ClN2OS2/c1-15-8-5-3-2-4-7(8)14-6-9-12-13-10(11)16-9/h2-5H,6H2,1H3. The van der Waals surface area contributed by atoms with Crippen molar-refractivity contribution in [2.75, 3.05) is 6.26 Å². The number of ether oxygens (including phenoxy) is 1. The first-order chi connectivity index (χ1) is 7.79. The van der Waals surface area contributed by atoms with E-state index in [0.717, 1.165) is 15.7 Å². The van der Waals surface area contributed by atoms with E-state index in [1.807, 2.05) is 30.5 Å². The molecule has 0 radical (unpaired) electrons. The van der Waals surface area contributed by atoms with Crippen LogP contribution in [-0.2, 0) is 6.61 Å². The van der Waals surface area contributed by atoms with Gasteiger partial charge in [-0.15, -0.1) is 22.0 Å². The molecule has 0 saturated heterocycles. The first-order valence-electron chi connectivity index (χ1n) is 4.53. The van der Waals surface area contributed by atoms with Crippen LogP contribution in [0.25, 0.3) is 0 Å². The Balaban J connectivity index is 2.04. The lowest BCUT2D eigenvalue weighted by molar-refractivity contribution is 0.297. The second kappa shape index (κ2) is 5.52. The second-order valence-corrected chi connectivity index (χ2v) is 5.38. The Labute approximate surface area is 107 Å². The average Bonchev–Trinajstić information content (AvgIpc) is 2.73. The zero-order valence-corrected chi connectivity index (χ0v) is 10.9. The van der Waals surface area contributed by atoms with E-state index in [0.29, 0.717) is 11.1 Å². The summed E-state index contributed by atoms with van der Waals surface area (Å²) < 4.78 is 6.10. The van der Waals surface area contributed by atoms with E-state index in [1.54, 1.807) is 11.8 Å². The van der Waals surface area contributed by atoms with E-state index in [4.69, 9.17) is 16.3 Å². The molecule has 0 fully saturated rings. The maximum absolute atomic E-state index is 5.69. The van der Waals surface area contributed by atoms with Gasteiger partial charge in [0.1, 0.15) is 12.4 Å². The summed E-state index contributed by atoms with van der Waals surface area (Å²) in [5.74, 6) is 0.862. The van der Waals surface area contributed by atoms with Gasteiger partial charge in [-0.25, -0.2) is 0 Å². The van der Waals surface area contributed by atoms with Gasteiger partial charge in [0.25, 0.3) is 0 Å². The molecule has 0 saturated carbocycles. The number of para-hydroxylation sites is 1. The number of benzene rings is 1. The minimum Gasteiger partial charge on any atom is -0.485 e. The van der Waals surface area contributed by atoms with Gasteiger partial charge in [0.2, 0.25) is 4.47 Å². The molecule has 2 rings (SSSR count). The Bertz CT molecular complexity index is 475. The summed E-state index contributed by atoms with van der Waals surface area (Å²) in [4.78, 5) is 1.11. The molecule has 3 nitrogen and oxygen atoms in total. The second-order valence-electron chi connectivity index (χ2n) is 2.89.